The number of nitrogens with zero attached hydrogens (tertiary/aromatic N) is 4. The van der Waals surface area contributed by atoms with Crippen molar-refractivity contribution >= 4 is 28.3 Å². The molecule has 0 bridgehead atoms. The van der Waals surface area contributed by atoms with Crippen molar-refractivity contribution < 1.29 is 14.1 Å². The number of piperazine rings is 1. The average Bonchev–Trinajstić information content (AvgIpc) is 3.19. The summed E-state index contributed by atoms with van der Waals surface area (Å²) in [7, 11) is 0. The Balaban J connectivity index is 1.53. The van der Waals surface area contributed by atoms with E-state index < -0.39 is 0 Å². The van der Waals surface area contributed by atoms with E-state index >= 15 is 0 Å². The van der Waals surface area contributed by atoms with E-state index in [0.717, 1.165) is 10.6 Å². The summed E-state index contributed by atoms with van der Waals surface area (Å²) < 4.78 is 5.05. The number of hydrogen-bond acceptors (Lipinski definition) is 7. The van der Waals surface area contributed by atoms with Gasteiger partial charge in [0.1, 0.15) is 0 Å². The van der Waals surface area contributed by atoms with Crippen LogP contribution in [0.1, 0.15) is 33.7 Å². The van der Waals surface area contributed by atoms with Crippen LogP contribution in [0, 0.1) is 20.8 Å². The molecule has 3 rings (SSSR count). The maximum atomic E-state index is 12.5. The van der Waals surface area contributed by atoms with Crippen LogP contribution in [-0.2, 0) is 4.79 Å². The number of aromatic nitrogens is 2. The third-order valence-electron chi connectivity index (χ3n) is 4.63. The normalized spacial score (nSPS) is 16.5. The topological polar surface area (TPSA) is 91.6 Å². The lowest BCUT2D eigenvalue weighted by atomic mass is 10.2. The molecule has 9 heteroatoms. The third kappa shape index (κ3) is 3.94. The highest BCUT2D eigenvalue weighted by atomic mass is 32.1. The summed E-state index contributed by atoms with van der Waals surface area (Å²) in [4.78, 5) is 34.1. The molecule has 2 aromatic rings. The van der Waals surface area contributed by atoms with Crippen LogP contribution >= 0.6 is 11.3 Å². The van der Waals surface area contributed by atoms with Crippen molar-refractivity contribution in [3.63, 3.8) is 0 Å². The molecule has 0 aromatic carbocycles. The van der Waals surface area contributed by atoms with Gasteiger partial charge in [-0.15, -0.1) is 11.3 Å². The second-order valence-electron chi connectivity index (χ2n) is 6.49. The number of carbonyl (C=O) groups is 2. The Kier molecular flexibility index (Phi) is 5.38. The van der Waals surface area contributed by atoms with Gasteiger partial charge in [-0.1, -0.05) is 5.16 Å². The summed E-state index contributed by atoms with van der Waals surface area (Å²) in [6, 6.07) is 1.35. The van der Waals surface area contributed by atoms with Crippen LogP contribution < -0.4 is 5.32 Å². The van der Waals surface area contributed by atoms with Crippen LogP contribution in [0.25, 0.3) is 0 Å². The lowest BCUT2D eigenvalue weighted by Crippen LogP contribution is -2.54. The summed E-state index contributed by atoms with van der Waals surface area (Å²) in [6.07, 6.45) is 0. The molecule has 0 saturated carbocycles. The molecule has 0 aliphatic carbocycles. The fraction of sp³-hybridized carbons (Fsp3) is 0.529. The molecule has 1 aliphatic rings. The molecule has 0 radical (unpaired) electrons. The fourth-order valence-corrected chi connectivity index (χ4v) is 3.65. The molecule has 1 fully saturated rings. The van der Waals surface area contributed by atoms with Gasteiger partial charge in [-0.25, -0.2) is 4.98 Å². The van der Waals surface area contributed by atoms with Gasteiger partial charge in [0.15, 0.2) is 5.13 Å². The number of rotatable bonds is 4. The van der Waals surface area contributed by atoms with Crippen molar-refractivity contribution in [2.45, 2.75) is 33.7 Å². The van der Waals surface area contributed by atoms with Gasteiger partial charge in [0.05, 0.1) is 17.4 Å². The first-order valence-corrected chi connectivity index (χ1v) is 9.38. The van der Waals surface area contributed by atoms with Crippen LogP contribution in [0.2, 0.25) is 0 Å². The molecular formula is C17H23N5O3S. The number of nitrogens with one attached hydrogen (secondary N) is 1. The van der Waals surface area contributed by atoms with E-state index in [4.69, 9.17) is 4.52 Å². The number of hydrogen-bond donors (Lipinski definition) is 1. The maximum Gasteiger partial charge on any atom is 0.292 e. The molecular weight excluding hydrogens is 354 g/mol. The average molecular weight is 377 g/mol. The lowest BCUT2D eigenvalue weighted by Gasteiger charge is -2.36. The van der Waals surface area contributed by atoms with E-state index in [1.807, 2.05) is 20.8 Å². The van der Waals surface area contributed by atoms with Gasteiger partial charge in [-0.3, -0.25) is 14.5 Å². The predicted octanol–water partition coefficient (Wildman–Crippen LogP) is 1.84. The van der Waals surface area contributed by atoms with Crippen molar-refractivity contribution in [2.24, 2.45) is 0 Å². The van der Waals surface area contributed by atoms with E-state index in [1.54, 1.807) is 17.9 Å². The monoisotopic (exact) mass is 377 g/mol. The Bertz CT molecular complexity index is 788. The zero-order valence-electron chi connectivity index (χ0n) is 15.4. The first-order chi connectivity index (χ1) is 12.3. The predicted molar refractivity (Wildman–Crippen MR) is 98.4 cm³/mol. The molecule has 3 heterocycles. The molecule has 0 spiro atoms. The minimum absolute atomic E-state index is 0.0793. The molecule has 26 heavy (non-hydrogen) atoms. The van der Waals surface area contributed by atoms with Crippen LogP contribution in [0.15, 0.2) is 10.6 Å². The third-order valence-corrected chi connectivity index (χ3v) is 5.61. The molecule has 1 N–H and O–H groups in total. The van der Waals surface area contributed by atoms with Crippen LogP contribution in [0.3, 0.4) is 0 Å². The Morgan fingerprint density at radius 2 is 1.92 bits per heavy atom. The Morgan fingerprint density at radius 1 is 1.23 bits per heavy atom. The summed E-state index contributed by atoms with van der Waals surface area (Å²) in [6.45, 7) is 9.92. The Morgan fingerprint density at radius 3 is 2.46 bits per heavy atom. The zero-order valence-corrected chi connectivity index (χ0v) is 16.2. The highest BCUT2D eigenvalue weighted by Gasteiger charge is 2.29. The van der Waals surface area contributed by atoms with Crippen LogP contribution in [0.4, 0.5) is 5.13 Å². The highest BCUT2D eigenvalue weighted by Crippen LogP contribution is 2.21. The van der Waals surface area contributed by atoms with E-state index in [9.17, 15) is 9.59 Å². The van der Waals surface area contributed by atoms with Gasteiger partial charge in [0.25, 0.3) is 5.91 Å². The second-order valence-corrected chi connectivity index (χ2v) is 7.69. The van der Waals surface area contributed by atoms with E-state index in [1.165, 1.54) is 11.3 Å². The zero-order chi connectivity index (χ0) is 18.8. The molecule has 1 atom stereocenters. The Hall–Kier alpha value is -2.26. The molecule has 2 aromatic heterocycles. The van der Waals surface area contributed by atoms with Crippen molar-refractivity contribution in [3.05, 3.63) is 28.1 Å². The Labute approximate surface area is 156 Å². The molecule has 1 aliphatic heterocycles. The summed E-state index contributed by atoms with van der Waals surface area (Å²) in [5, 5.41) is 7.27. The van der Waals surface area contributed by atoms with Crippen LogP contribution in [-0.4, -0.2) is 64.0 Å². The summed E-state index contributed by atoms with van der Waals surface area (Å²) in [5.41, 5.74) is 1.62. The second kappa shape index (κ2) is 7.55. The van der Waals surface area contributed by atoms with Crippen molar-refractivity contribution in [1.82, 2.24) is 19.9 Å². The van der Waals surface area contributed by atoms with Crippen molar-refractivity contribution in [3.8, 4) is 0 Å². The number of anilines is 1. The number of thiazole rings is 1. The molecule has 1 unspecified atom stereocenters. The smallest absolute Gasteiger partial charge is 0.292 e. The summed E-state index contributed by atoms with van der Waals surface area (Å²) in [5.74, 6) is 0.0247. The van der Waals surface area contributed by atoms with Crippen LogP contribution in [0.5, 0.6) is 0 Å². The van der Waals surface area contributed by atoms with Gasteiger partial charge in [0.2, 0.25) is 11.7 Å². The largest absolute Gasteiger partial charge is 0.351 e. The summed E-state index contributed by atoms with van der Waals surface area (Å²) >= 11 is 1.48. The highest BCUT2D eigenvalue weighted by molar-refractivity contribution is 7.15. The number of carbonyl (C=O) groups excluding carboxylic acids is 2. The quantitative estimate of drug-likeness (QED) is 0.874. The molecule has 140 valence electrons. The van der Waals surface area contributed by atoms with Crippen molar-refractivity contribution in [1.29, 1.82) is 0 Å². The SMILES string of the molecule is Cc1cc(C(=O)N2CCN(C(C)C(=O)Nc3nc(C)c(C)s3)CC2)on1. The van der Waals surface area contributed by atoms with E-state index in [0.29, 0.717) is 37.0 Å². The fourth-order valence-electron chi connectivity index (χ4n) is 2.83. The lowest BCUT2D eigenvalue weighted by molar-refractivity contribution is -0.121. The van der Waals surface area contributed by atoms with Gasteiger partial charge in [0, 0.05) is 37.1 Å². The molecule has 2 amide bonds. The van der Waals surface area contributed by atoms with Gasteiger partial charge < -0.3 is 14.7 Å². The van der Waals surface area contributed by atoms with Gasteiger partial charge >= 0.3 is 0 Å². The van der Waals surface area contributed by atoms with Crippen molar-refractivity contribution in [2.75, 3.05) is 31.5 Å². The molecule has 8 nitrogen and oxygen atoms in total. The first kappa shape index (κ1) is 18.5. The molecule has 1 saturated heterocycles. The van der Waals surface area contributed by atoms with E-state index in [2.05, 4.69) is 20.4 Å². The minimum atomic E-state index is -0.288. The van der Waals surface area contributed by atoms with E-state index in [-0.39, 0.29) is 23.6 Å². The van der Waals surface area contributed by atoms with Gasteiger partial charge in [-0.05, 0) is 27.7 Å². The number of aryl methyl sites for hydroxylation is 3. The number of amides is 2. The standard InChI is InChI=1S/C17H23N5O3S/c1-10-9-14(25-20-10)16(24)22-7-5-21(6-8-22)12(3)15(23)19-17-18-11(2)13(4)26-17/h9,12H,5-8H2,1-4H3,(H,18,19,23). The maximum absolute atomic E-state index is 12.5. The first-order valence-electron chi connectivity index (χ1n) is 8.56. The van der Waals surface area contributed by atoms with Gasteiger partial charge in [-0.2, -0.15) is 0 Å². The minimum Gasteiger partial charge on any atom is -0.351 e.